The monoisotopic (exact) mass is 463 g/mol. The molecule has 2 heterocycles. The van der Waals surface area contributed by atoms with Crippen LogP contribution in [0, 0.1) is 13.8 Å². The van der Waals surface area contributed by atoms with E-state index in [-0.39, 0.29) is 28.8 Å². The number of rotatable bonds is 4. The van der Waals surface area contributed by atoms with Crippen LogP contribution in [0.25, 0.3) is 21.9 Å². The van der Waals surface area contributed by atoms with Crippen LogP contribution >= 0.6 is 34.8 Å². The van der Waals surface area contributed by atoms with Gasteiger partial charge in [0.1, 0.15) is 11.2 Å². The van der Waals surface area contributed by atoms with Gasteiger partial charge in [-0.1, -0.05) is 34.8 Å². The zero-order valence-corrected chi connectivity index (χ0v) is 18.3. The van der Waals surface area contributed by atoms with Crippen LogP contribution in [0.5, 0.6) is 0 Å². The van der Waals surface area contributed by atoms with E-state index < -0.39 is 5.63 Å². The van der Waals surface area contributed by atoms with E-state index in [9.17, 15) is 9.59 Å². The zero-order valence-electron chi connectivity index (χ0n) is 16.1. The molecule has 0 saturated heterocycles. The van der Waals surface area contributed by atoms with Crippen molar-refractivity contribution >= 4 is 68.3 Å². The first kappa shape index (κ1) is 20.8. The summed E-state index contributed by atoms with van der Waals surface area (Å²) < 4.78 is 11.0. The quantitative estimate of drug-likeness (QED) is 0.270. The van der Waals surface area contributed by atoms with Gasteiger partial charge in [-0.25, -0.2) is 4.79 Å². The molecule has 0 atom stereocenters. The minimum Gasteiger partial charge on any atom is -0.464 e. The molecular weight excluding hydrogens is 449 g/mol. The minimum absolute atomic E-state index is 0.0701. The number of carbonyl (C=O) groups excluding carboxylic acids is 1. The maximum Gasteiger partial charge on any atom is 0.339 e. The Hall–Kier alpha value is -2.47. The topological polar surface area (TPSA) is 72.5 Å². The zero-order chi connectivity index (χ0) is 21.6. The molecule has 30 heavy (non-hydrogen) atoms. The Kier molecular flexibility index (Phi) is 5.53. The highest BCUT2D eigenvalue weighted by Gasteiger charge is 2.16. The van der Waals surface area contributed by atoms with E-state index in [0.29, 0.717) is 27.4 Å². The van der Waals surface area contributed by atoms with Gasteiger partial charge in [0.25, 0.3) is 0 Å². The molecule has 5 nitrogen and oxygen atoms in total. The molecule has 0 unspecified atom stereocenters. The molecule has 2 aromatic heterocycles. The molecule has 1 amide bonds. The Morgan fingerprint density at radius 2 is 1.70 bits per heavy atom. The third-order valence-electron chi connectivity index (χ3n) is 5.06. The summed E-state index contributed by atoms with van der Waals surface area (Å²) in [5, 5.41) is 5.32. The van der Waals surface area contributed by atoms with Gasteiger partial charge in [0.15, 0.2) is 0 Å². The van der Waals surface area contributed by atoms with Crippen LogP contribution in [0.4, 0.5) is 5.69 Å². The highest BCUT2D eigenvalue weighted by molar-refractivity contribution is 6.44. The Morgan fingerprint density at radius 1 is 0.967 bits per heavy atom. The van der Waals surface area contributed by atoms with E-state index in [1.54, 1.807) is 12.3 Å². The lowest BCUT2D eigenvalue weighted by Crippen LogP contribution is -2.16. The number of fused-ring (bicyclic) bond motifs is 2. The standard InChI is InChI=1S/C22H16Cl3NO4/c1-10-9-29-19-8-20-14(5-13(10)19)11(2)12(22(28)30-20)3-4-21(27)26-18-7-16(24)15(23)6-17(18)25/h5-9H,3-4H2,1-2H3,(H,26,27). The molecule has 8 heteroatoms. The Morgan fingerprint density at radius 3 is 2.47 bits per heavy atom. The van der Waals surface area contributed by atoms with Crippen LogP contribution in [-0.4, -0.2) is 5.91 Å². The number of carbonyl (C=O) groups is 1. The lowest BCUT2D eigenvalue weighted by Gasteiger charge is -2.10. The number of anilines is 1. The fourth-order valence-corrected chi connectivity index (χ4v) is 3.99. The molecule has 4 rings (SSSR count). The van der Waals surface area contributed by atoms with Crippen LogP contribution in [-0.2, 0) is 11.2 Å². The van der Waals surface area contributed by atoms with Crippen molar-refractivity contribution in [3.63, 3.8) is 0 Å². The lowest BCUT2D eigenvalue weighted by molar-refractivity contribution is -0.116. The Labute approximate surface area is 186 Å². The summed E-state index contributed by atoms with van der Waals surface area (Å²) in [4.78, 5) is 24.9. The third kappa shape index (κ3) is 3.81. The summed E-state index contributed by atoms with van der Waals surface area (Å²) in [7, 11) is 0. The van der Waals surface area contributed by atoms with Gasteiger partial charge in [-0.05, 0) is 49.6 Å². The van der Waals surface area contributed by atoms with E-state index in [0.717, 1.165) is 21.9 Å². The average molecular weight is 465 g/mol. The number of aryl methyl sites for hydroxylation is 2. The maximum atomic E-state index is 12.5. The lowest BCUT2D eigenvalue weighted by atomic mass is 10.0. The van der Waals surface area contributed by atoms with E-state index in [4.69, 9.17) is 43.6 Å². The van der Waals surface area contributed by atoms with Crippen LogP contribution < -0.4 is 10.9 Å². The van der Waals surface area contributed by atoms with Crippen LogP contribution in [0.3, 0.4) is 0 Å². The largest absolute Gasteiger partial charge is 0.464 e. The van der Waals surface area contributed by atoms with E-state index >= 15 is 0 Å². The normalized spacial score (nSPS) is 11.4. The minimum atomic E-state index is -0.469. The van der Waals surface area contributed by atoms with Gasteiger partial charge >= 0.3 is 5.63 Å². The van der Waals surface area contributed by atoms with Gasteiger partial charge in [-0.3, -0.25) is 4.79 Å². The number of hydrogen-bond acceptors (Lipinski definition) is 4. The van der Waals surface area contributed by atoms with Crippen LogP contribution in [0.15, 0.2) is 44.2 Å². The van der Waals surface area contributed by atoms with Crippen molar-refractivity contribution in [2.24, 2.45) is 0 Å². The molecule has 1 N–H and O–H groups in total. The first-order valence-corrected chi connectivity index (χ1v) is 10.3. The van der Waals surface area contributed by atoms with Crippen molar-refractivity contribution in [2.75, 3.05) is 5.32 Å². The Balaban J connectivity index is 1.60. The number of benzene rings is 2. The molecule has 0 spiro atoms. The van der Waals surface area contributed by atoms with Crippen molar-refractivity contribution in [1.29, 1.82) is 0 Å². The van der Waals surface area contributed by atoms with Crippen LogP contribution in [0.2, 0.25) is 15.1 Å². The smallest absolute Gasteiger partial charge is 0.339 e. The molecular formula is C22H16Cl3NO4. The predicted octanol–water partition coefficient (Wildman–Crippen LogP) is 6.69. The van der Waals surface area contributed by atoms with Crippen molar-refractivity contribution in [2.45, 2.75) is 26.7 Å². The number of furan rings is 1. The first-order chi connectivity index (χ1) is 14.2. The van der Waals surface area contributed by atoms with Gasteiger partial charge in [0.2, 0.25) is 5.91 Å². The maximum absolute atomic E-state index is 12.5. The summed E-state index contributed by atoms with van der Waals surface area (Å²) in [6.45, 7) is 3.80. The third-order valence-corrected chi connectivity index (χ3v) is 6.10. The molecule has 0 aliphatic rings. The molecule has 0 bridgehead atoms. The number of hydrogen-bond donors (Lipinski definition) is 1. The first-order valence-electron chi connectivity index (χ1n) is 9.13. The molecule has 0 aliphatic carbocycles. The van der Waals surface area contributed by atoms with Crippen molar-refractivity contribution in [1.82, 2.24) is 0 Å². The molecule has 2 aromatic carbocycles. The van der Waals surface area contributed by atoms with Gasteiger partial charge in [0.05, 0.1) is 27.0 Å². The van der Waals surface area contributed by atoms with E-state index in [1.807, 2.05) is 19.9 Å². The predicted molar refractivity (Wildman–Crippen MR) is 120 cm³/mol. The van der Waals surface area contributed by atoms with Crippen molar-refractivity contribution in [3.8, 4) is 0 Å². The summed E-state index contributed by atoms with van der Waals surface area (Å²) >= 11 is 18.0. The summed E-state index contributed by atoms with van der Waals surface area (Å²) in [5.74, 6) is -0.310. The summed E-state index contributed by atoms with van der Waals surface area (Å²) in [6, 6.07) is 6.61. The molecule has 0 radical (unpaired) electrons. The molecule has 0 fully saturated rings. The SMILES string of the molecule is Cc1coc2cc3oc(=O)c(CCC(=O)Nc4cc(Cl)c(Cl)cc4Cl)c(C)c3cc12. The number of amides is 1. The average Bonchev–Trinajstić information content (AvgIpc) is 3.04. The fourth-order valence-electron chi connectivity index (χ4n) is 3.40. The summed E-state index contributed by atoms with van der Waals surface area (Å²) in [5.41, 5.74) is 3.24. The highest BCUT2D eigenvalue weighted by atomic mass is 35.5. The van der Waals surface area contributed by atoms with E-state index in [1.165, 1.54) is 12.1 Å². The second-order valence-corrected chi connectivity index (χ2v) is 8.27. The second kappa shape index (κ2) is 7.99. The fraction of sp³-hybridized carbons (Fsp3) is 0.182. The van der Waals surface area contributed by atoms with Crippen LogP contribution in [0.1, 0.15) is 23.1 Å². The van der Waals surface area contributed by atoms with Crippen molar-refractivity contribution < 1.29 is 13.6 Å². The molecule has 4 aromatic rings. The molecule has 154 valence electrons. The number of halogens is 3. The molecule has 0 saturated carbocycles. The summed E-state index contributed by atoms with van der Waals surface area (Å²) in [6.07, 6.45) is 1.95. The van der Waals surface area contributed by atoms with Gasteiger partial charge in [-0.15, -0.1) is 0 Å². The highest BCUT2D eigenvalue weighted by Crippen LogP contribution is 2.32. The Bertz CT molecular complexity index is 1370. The van der Waals surface area contributed by atoms with Gasteiger partial charge < -0.3 is 14.2 Å². The second-order valence-electron chi connectivity index (χ2n) is 7.05. The van der Waals surface area contributed by atoms with Gasteiger partial charge in [-0.2, -0.15) is 0 Å². The number of nitrogens with one attached hydrogen (secondary N) is 1. The molecule has 0 aliphatic heterocycles. The van der Waals surface area contributed by atoms with E-state index in [2.05, 4.69) is 5.32 Å². The van der Waals surface area contributed by atoms with Gasteiger partial charge in [0, 0.05) is 28.8 Å². The van der Waals surface area contributed by atoms with Crippen molar-refractivity contribution in [3.05, 3.63) is 72.7 Å².